The van der Waals surface area contributed by atoms with Crippen LogP contribution in [0.2, 0.25) is 0 Å². The summed E-state index contributed by atoms with van der Waals surface area (Å²) in [7, 11) is 0. The Labute approximate surface area is 330 Å². The molecule has 1 unspecified atom stereocenters. The van der Waals surface area contributed by atoms with Gasteiger partial charge in [0.25, 0.3) is 0 Å². The second kappa shape index (κ2) is 14.4. The molecule has 57 heavy (non-hydrogen) atoms. The van der Waals surface area contributed by atoms with Crippen LogP contribution in [0, 0.1) is 6.92 Å². The fourth-order valence-electron chi connectivity index (χ4n) is 8.15. The SMILES string of the molecule is Cc1ccccc1/N=C1\Cc2cc(-c3ccc4c(c3)c3ccccc3n4-c3ccccc3)ccc2C(Cc2nc(-c3ccccc3)nc(-c3ccccc3)n2)C1=O. The lowest BCUT2D eigenvalue weighted by Gasteiger charge is -2.26. The molecule has 6 heteroatoms. The van der Waals surface area contributed by atoms with Gasteiger partial charge in [-0.05, 0) is 71.1 Å². The molecule has 272 valence electrons. The molecule has 2 heterocycles. The van der Waals surface area contributed by atoms with E-state index in [2.05, 4.69) is 95.6 Å². The zero-order valence-electron chi connectivity index (χ0n) is 31.4. The first kappa shape index (κ1) is 34.2. The lowest BCUT2D eigenvalue weighted by Crippen LogP contribution is -2.32. The Morgan fingerprint density at radius 1 is 0.579 bits per heavy atom. The Morgan fingerprint density at radius 2 is 1.18 bits per heavy atom. The average molecular weight is 736 g/mol. The number of carbonyl (C=O) groups is 1. The van der Waals surface area contributed by atoms with Crippen molar-refractivity contribution in [3.8, 4) is 39.6 Å². The normalized spacial score (nSPS) is 14.6. The van der Waals surface area contributed by atoms with Crippen LogP contribution in [0.1, 0.15) is 28.4 Å². The number of rotatable bonds is 7. The maximum atomic E-state index is 14.7. The van der Waals surface area contributed by atoms with Crippen molar-refractivity contribution in [3.05, 3.63) is 198 Å². The van der Waals surface area contributed by atoms with Crippen LogP contribution < -0.4 is 0 Å². The van der Waals surface area contributed by atoms with Gasteiger partial charge in [-0.15, -0.1) is 0 Å². The Morgan fingerprint density at radius 3 is 1.89 bits per heavy atom. The van der Waals surface area contributed by atoms with Crippen LogP contribution >= 0.6 is 0 Å². The van der Waals surface area contributed by atoms with Gasteiger partial charge >= 0.3 is 0 Å². The Bertz CT molecular complexity index is 2930. The molecule has 1 atom stereocenters. The highest BCUT2D eigenvalue weighted by molar-refractivity contribution is 6.43. The summed E-state index contributed by atoms with van der Waals surface area (Å²) in [6.07, 6.45) is 0.745. The van der Waals surface area contributed by atoms with E-state index >= 15 is 0 Å². The number of aliphatic imine (C=N–C) groups is 1. The molecule has 0 radical (unpaired) electrons. The van der Waals surface area contributed by atoms with Gasteiger partial charge in [-0.3, -0.25) is 4.79 Å². The first-order chi connectivity index (χ1) is 28.1. The molecule has 0 amide bonds. The molecule has 0 spiro atoms. The van der Waals surface area contributed by atoms with Crippen LogP contribution in [-0.2, 0) is 17.6 Å². The highest BCUT2D eigenvalue weighted by atomic mass is 16.1. The van der Waals surface area contributed by atoms with Crippen LogP contribution in [-0.4, -0.2) is 31.0 Å². The maximum absolute atomic E-state index is 14.7. The van der Waals surface area contributed by atoms with E-state index in [4.69, 9.17) is 19.9 Å². The monoisotopic (exact) mass is 735 g/mol. The van der Waals surface area contributed by atoms with Gasteiger partial charge in [0.05, 0.1) is 28.4 Å². The van der Waals surface area contributed by atoms with Crippen molar-refractivity contribution >= 4 is 39.0 Å². The molecule has 1 aliphatic carbocycles. The molecule has 0 saturated carbocycles. The number of benzene rings is 7. The summed E-state index contributed by atoms with van der Waals surface area (Å²) >= 11 is 0. The smallest absolute Gasteiger partial charge is 0.185 e. The summed E-state index contributed by atoms with van der Waals surface area (Å²) < 4.78 is 2.33. The number of hydrogen-bond acceptors (Lipinski definition) is 5. The number of hydrogen-bond donors (Lipinski definition) is 0. The molecule has 2 aromatic heterocycles. The van der Waals surface area contributed by atoms with Gasteiger partial charge in [-0.25, -0.2) is 19.9 Å². The number of ketones is 1. The van der Waals surface area contributed by atoms with Crippen molar-refractivity contribution in [2.45, 2.75) is 25.7 Å². The van der Waals surface area contributed by atoms with Crippen molar-refractivity contribution in [2.24, 2.45) is 4.99 Å². The van der Waals surface area contributed by atoms with E-state index in [0.29, 0.717) is 36.0 Å². The summed E-state index contributed by atoms with van der Waals surface area (Å²) in [6, 6.07) is 60.2. The van der Waals surface area contributed by atoms with E-state index in [-0.39, 0.29) is 5.78 Å². The van der Waals surface area contributed by atoms with Crippen LogP contribution in [0.4, 0.5) is 5.69 Å². The Balaban J connectivity index is 1.09. The van der Waals surface area contributed by atoms with Gasteiger partial charge in [0.15, 0.2) is 17.4 Å². The number of carbonyl (C=O) groups excluding carboxylic acids is 1. The van der Waals surface area contributed by atoms with E-state index < -0.39 is 5.92 Å². The first-order valence-electron chi connectivity index (χ1n) is 19.3. The molecule has 7 aromatic carbocycles. The van der Waals surface area contributed by atoms with Crippen molar-refractivity contribution < 1.29 is 4.79 Å². The average Bonchev–Trinajstić information content (AvgIpc) is 3.60. The predicted molar refractivity (Wildman–Crippen MR) is 230 cm³/mol. The lowest BCUT2D eigenvalue weighted by molar-refractivity contribution is -0.114. The second-order valence-corrected chi connectivity index (χ2v) is 14.6. The van der Waals surface area contributed by atoms with Gasteiger partial charge in [0.2, 0.25) is 0 Å². The third-order valence-corrected chi connectivity index (χ3v) is 11.0. The van der Waals surface area contributed by atoms with Gasteiger partial charge < -0.3 is 4.57 Å². The highest BCUT2D eigenvalue weighted by Crippen LogP contribution is 2.38. The van der Waals surface area contributed by atoms with E-state index in [1.54, 1.807) is 0 Å². The van der Waals surface area contributed by atoms with Gasteiger partial charge in [-0.2, -0.15) is 0 Å². The number of nitrogens with zero attached hydrogens (tertiary/aromatic N) is 5. The molecule has 0 N–H and O–H groups in total. The topological polar surface area (TPSA) is 73.0 Å². The molecule has 0 aliphatic heterocycles. The van der Waals surface area contributed by atoms with Gasteiger partial charge in [0, 0.05) is 40.4 Å². The molecular formula is C51H37N5O. The number of Topliss-reactive ketones (excluding diaryl/α,β-unsaturated/α-hetero) is 1. The lowest BCUT2D eigenvalue weighted by atomic mass is 9.77. The van der Waals surface area contributed by atoms with Gasteiger partial charge in [-0.1, -0.05) is 140 Å². The van der Waals surface area contributed by atoms with Crippen LogP contribution in [0.5, 0.6) is 0 Å². The minimum Gasteiger partial charge on any atom is -0.309 e. The molecule has 10 rings (SSSR count). The first-order valence-corrected chi connectivity index (χ1v) is 19.3. The fraction of sp³-hybridized carbons (Fsp3) is 0.0784. The van der Waals surface area contributed by atoms with Crippen LogP contribution in [0.25, 0.3) is 61.4 Å². The minimum absolute atomic E-state index is 0.00317. The van der Waals surface area contributed by atoms with Crippen molar-refractivity contribution in [1.29, 1.82) is 0 Å². The Hall–Kier alpha value is -7.31. The molecule has 0 fully saturated rings. The number of para-hydroxylation sites is 3. The molecule has 0 bridgehead atoms. The number of aromatic nitrogens is 4. The predicted octanol–water partition coefficient (Wildman–Crippen LogP) is 11.5. The largest absolute Gasteiger partial charge is 0.309 e. The summed E-state index contributed by atoms with van der Waals surface area (Å²) in [5, 5.41) is 2.40. The number of aryl methyl sites for hydroxylation is 1. The van der Waals surface area contributed by atoms with E-state index in [9.17, 15) is 4.79 Å². The third-order valence-electron chi connectivity index (χ3n) is 11.0. The van der Waals surface area contributed by atoms with Crippen molar-refractivity contribution in [3.63, 3.8) is 0 Å². The fourth-order valence-corrected chi connectivity index (χ4v) is 8.15. The molecule has 9 aromatic rings. The molecule has 1 aliphatic rings. The zero-order valence-corrected chi connectivity index (χ0v) is 31.4. The van der Waals surface area contributed by atoms with E-state index in [0.717, 1.165) is 55.8 Å². The van der Waals surface area contributed by atoms with E-state index in [1.165, 1.54) is 16.3 Å². The summed E-state index contributed by atoms with van der Waals surface area (Å²) in [5.41, 5.74) is 11.9. The van der Waals surface area contributed by atoms with Crippen LogP contribution in [0.15, 0.2) is 181 Å². The maximum Gasteiger partial charge on any atom is 0.185 e. The highest BCUT2D eigenvalue weighted by Gasteiger charge is 2.34. The van der Waals surface area contributed by atoms with Crippen molar-refractivity contribution in [2.75, 3.05) is 0 Å². The standard InChI is InChI=1S/C51H37N5O/c1-33-15-11-13-23-44(33)52-45-31-38-29-36(37-26-28-47-42(30-37)41-22-12-14-24-46(41)56(47)39-20-9-4-10-21-39)25-27-40(38)43(49(45)57)32-48-53-50(34-16-5-2-6-17-34)55-51(54-48)35-18-7-3-8-19-35/h2-30,43H,31-32H2,1H3/b52-45+. The quantitative estimate of drug-likeness (QED) is 0.163. The summed E-state index contributed by atoms with van der Waals surface area (Å²) in [6.45, 7) is 2.03. The molecule has 0 saturated heterocycles. The van der Waals surface area contributed by atoms with Crippen molar-refractivity contribution in [1.82, 2.24) is 19.5 Å². The molecule has 6 nitrogen and oxygen atoms in total. The summed E-state index contributed by atoms with van der Waals surface area (Å²) in [5.74, 6) is 1.20. The molecular weight excluding hydrogens is 699 g/mol. The summed E-state index contributed by atoms with van der Waals surface area (Å²) in [4.78, 5) is 34.5. The zero-order chi connectivity index (χ0) is 38.3. The third kappa shape index (κ3) is 6.41. The number of fused-ring (bicyclic) bond motifs is 4. The Kier molecular flexibility index (Phi) is 8.64. The second-order valence-electron chi connectivity index (χ2n) is 14.6. The minimum atomic E-state index is -0.522. The van der Waals surface area contributed by atoms with Crippen LogP contribution in [0.3, 0.4) is 0 Å². The van der Waals surface area contributed by atoms with Gasteiger partial charge in [0.1, 0.15) is 5.82 Å². The van der Waals surface area contributed by atoms with E-state index in [1.807, 2.05) is 91.9 Å².